The molecule has 2 saturated heterocycles. The Morgan fingerprint density at radius 1 is 0.714 bits per heavy atom. The number of carbonyl (C=O) groups excluding carboxylic acids is 8. The van der Waals surface area contributed by atoms with Gasteiger partial charge in [-0.25, -0.2) is 0 Å². The highest BCUT2D eigenvalue weighted by Gasteiger charge is 2.45. The number of nitrogens with zero attached hydrogens (tertiary/aromatic N) is 2. The SMILES string of the molecule is C1CCOC1.CCCc1ccc2c(c1)C(=O)N(C1CCC(=O)NC1=O)C2=O.O=C1CCC(N2C(=O)c3ccc(CCO)cc3C2=O)C(=O)C1. The minimum Gasteiger partial charge on any atom is -0.396 e. The van der Waals surface area contributed by atoms with E-state index in [-0.39, 0.29) is 67.3 Å². The lowest BCUT2D eigenvalue weighted by Gasteiger charge is -2.27. The number of aryl methyl sites for hydroxylation is 1. The molecule has 3 fully saturated rings. The lowest BCUT2D eigenvalue weighted by molar-refractivity contribution is -0.136. The first kappa shape index (κ1) is 35.4. The fourth-order valence-electron chi connectivity index (χ4n) is 6.48. The summed E-state index contributed by atoms with van der Waals surface area (Å²) >= 11 is 0. The van der Waals surface area contributed by atoms with Crippen molar-refractivity contribution in [1.82, 2.24) is 15.1 Å². The molecule has 1 saturated carbocycles. The number of amides is 6. The molecule has 0 spiro atoms. The van der Waals surface area contributed by atoms with Crippen molar-refractivity contribution < 1.29 is 48.2 Å². The molecule has 258 valence electrons. The number of ether oxygens (including phenoxy) is 1. The summed E-state index contributed by atoms with van der Waals surface area (Å²) in [6.45, 7) is 3.99. The normalized spacial score (nSPS) is 21.6. The first-order valence-corrected chi connectivity index (χ1v) is 16.6. The Labute approximate surface area is 282 Å². The summed E-state index contributed by atoms with van der Waals surface area (Å²) in [5.74, 6) is -3.37. The topological polar surface area (TPSA) is 185 Å². The van der Waals surface area contributed by atoms with Gasteiger partial charge in [0.25, 0.3) is 23.6 Å². The van der Waals surface area contributed by atoms with E-state index >= 15 is 0 Å². The van der Waals surface area contributed by atoms with Gasteiger partial charge in [-0.05, 0) is 73.9 Å². The molecular weight excluding hydrogens is 634 g/mol. The standard InChI is InChI=1S/C16H16N2O4.C16H15NO5.C4H8O/c1-2-3-9-4-5-10-11(8-9)16(22)18(15(10)21)12-6-7-13(19)17-14(12)20;18-6-5-9-1-3-11-12(7-9)16(22)17(15(11)21)13-4-2-10(19)8-14(13)20;1-2-4-5-3-1/h4-5,8,12H,2-3,6-7H2,1H3,(H,17,19,20);1,3,7,13,18H,2,4-6,8H2;1-4H2. The van der Waals surface area contributed by atoms with Crippen molar-refractivity contribution in [1.29, 1.82) is 0 Å². The number of piperidine rings is 1. The van der Waals surface area contributed by atoms with Gasteiger partial charge in [-0.15, -0.1) is 0 Å². The molecule has 1 aliphatic carbocycles. The number of carbonyl (C=O) groups is 8. The van der Waals surface area contributed by atoms with Crippen molar-refractivity contribution in [3.05, 3.63) is 69.8 Å². The molecule has 13 nitrogen and oxygen atoms in total. The van der Waals surface area contributed by atoms with E-state index in [9.17, 15) is 38.4 Å². The molecular formula is C36H39N3O10. The molecule has 2 unspecified atom stereocenters. The van der Waals surface area contributed by atoms with E-state index in [1.165, 1.54) is 12.8 Å². The molecule has 0 radical (unpaired) electrons. The first-order chi connectivity index (χ1) is 23.5. The van der Waals surface area contributed by atoms with Gasteiger partial charge in [0.15, 0.2) is 5.78 Å². The maximum absolute atomic E-state index is 12.5. The predicted molar refractivity (Wildman–Crippen MR) is 173 cm³/mol. The summed E-state index contributed by atoms with van der Waals surface area (Å²) in [6.07, 6.45) is 5.22. The summed E-state index contributed by atoms with van der Waals surface area (Å²) < 4.78 is 4.94. The lowest BCUT2D eigenvalue weighted by Crippen LogP contribution is -2.54. The van der Waals surface area contributed by atoms with Crippen LogP contribution in [0.1, 0.15) is 111 Å². The molecule has 2 atom stereocenters. The van der Waals surface area contributed by atoms with Crippen molar-refractivity contribution in [3.63, 3.8) is 0 Å². The van der Waals surface area contributed by atoms with Crippen LogP contribution in [0.2, 0.25) is 0 Å². The number of imide groups is 3. The highest BCUT2D eigenvalue weighted by Crippen LogP contribution is 2.30. The van der Waals surface area contributed by atoms with Crippen molar-refractivity contribution in [2.24, 2.45) is 0 Å². The monoisotopic (exact) mass is 673 g/mol. The lowest BCUT2D eigenvalue weighted by atomic mass is 9.92. The van der Waals surface area contributed by atoms with Gasteiger partial charge in [0.1, 0.15) is 11.8 Å². The zero-order valence-electron chi connectivity index (χ0n) is 27.3. The quantitative estimate of drug-likeness (QED) is 0.341. The van der Waals surface area contributed by atoms with Gasteiger partial charge in [-0.3, -0.25) is 53.5 Å². The summed E-state index contributed by atoms with van der Waals surface area (Å²) in [4.78, 5) is 98.3. The molecule has 2 aromatic carbocycles. The van der Waals surface area contributed by atoms with Gasteiger partial charge in [-0.2, -0.15) is 0 Å². The van der Waals surface area contributed by atoms with Crippen LogP contribution in [0.25, 0.3) is 0 Å². The predicted octanol–water partition coefficient (Wildman–Crippen LogP) is 2.35. The van der Waals surface area contributed by atoms with E-state index in [0.717, 1.165) is 47.0 Å². The summed E-state index contributed by atoms with van der Waals surface area (Å²) in [6, 6.07) is 8.30. The molecule has 0 aromatic heterocycles. The number of nitrogens with one attached hydrogen (secondary N) is 1. The molecule has 49 heavy (non-hydrogen) atoms. The smallest absolute Gasteiger partial charge is 0.262 e. The van der Waals surface area contributed by atoms with E-state index in [1.807, 2.05) is 13.0 Å². The van der Waals surface area contributed by atoms with E-state index in [1.54, 1.807) is 30.3 Å². The van der Waals surface area contributed by atoms with Gasteiger partial charge in [-0.1, -0.05) is 25.5 Å². The second kappa shape index (κ2) is 15.6. The molecule has 5 aliphatic rings. The maximum Gasteiger partial charge on any atom is 0.262 e. The van der Waals surface area contributed by atoms with Gasteiger partial charge >= 0.3 is 0 Å². The van der Waals surface area contributed by atoms with Crippen LogP contribution in [-0.4, -0.2) is 93.8 Å². The maximum atomic E-state index is 12.5. The van der Waals surface area contributed by atoms with E-state index in [4.69, 9.17) is 9.84 Å². The van der Waals surface area contributed by atoms with Gasteiger partial charge in [0, 0.05) is 32.7 Å². The Morgan fingerprint density at radius 2 is 1.24 bits per heavy atom. The second-order valence-electron chi connectivity index (χ2n) is 12.5. The number of Topliss-reactive ketones (excluding diaryl/α,β-unsaturated/α-hetero) is 2. The van der Waals surface area contributed by atoms with E-state index < -0.39 is 41.6 Å². The third-order valence-corrected chi connectivity index (χ3v) is 9.00. The van der Waals surface area contributed by atoms with E-state index in [2.05, 4.69) is 5.32 Å². The minimum absolute atomic E-state index is 0.0478. The largest absolute Gasteiger partial charge is 0.396 e. The molecule has 2 aromatic rings. The Bertz CT molecular complexity index is 1590. The molecule has 0 bridgehead atoms. The van der Waals surface area contributed by atoms with Gasteiger partial charge in [0.2, 0.25) is 11.8 Å². The number of hydrogen-bond donors (Lipinski definition) is 2. The number of hydrogen-bond acceptors (Lipinski definition) is 10. The highest BCUT2D eigenvalue weighted by molar-refractivity contribution is 6.24. The second-order valence-corrected chi connectivity index (χ2v) is 12.5. The fraction of sp³-hybridized carbons (Fsp3) is 0.444. The molecule has 4 heterocycles. The highest BCUT2D eigenvalue weighted by atomic mass is 16.5. The molecule has 4 aliphatic heterocycles. The summed E-state index contributed by atoms with van der Waals surface area (Å²) in [5.41, 5.74) is 2.97. The van der Waals surface area contributed by atoms with Crippen LogP contribution >= 0.6 is 0 Å². The molecule has 2 N–H and O–H groups in total. The Balaban J connectivity index is 0.000000167. The van der Waals surface area contributed by atoms with Crippen molar-refractivity contribution in [2.75, 3.05) is 19.8 Å². The first-order valence-electron chi connectivity index (χ1n) is 16.6. The van der Waals surface area contributed by atoms with Crippen LogP contribution in [0.15, 0.2) is 36.4 Å². The summed E-state index contributed by atoms with van der Waals surface area (Å²) in [5, 5.41) is 11.1. The number of benzene rings is 2. The number of aliphatic hydroxyl groups excluding tert-OH is 1. The van der Waals surface area contributed by atoms with Gasteiger partial charge in [0.05, 0.1) is 34.7 Å². The fourth-order valence-corrected chi connectivity index (χ4v) is 6.48. The van der Waals surface area contributed by atoms with E-state index in [0.29, 0.717) is 17.5 Å². The number of ketones is 2. The van der Waals surface area contributed by atoms with Crippen LogP contribution < -0.4 is 5.32 Å². The van der Waals surface area contributed by atoms with Crippen LogP contribution in [0.5, 0.6) is 0 Å². The third-order valence-electron chi connectivity index (χ3n) is 9.00. The average molecular weight is 674 g/mol. The third kappa shape index (κ3) is 7.57. The zero-order chi connectivity index (χ0) is 35.2. The van der Waals surface area contributed by atoms with Crippen LogP contribution in [0.3, 0.4) is 0 Å². The molecule has 13 heteroatoms. The minimum atomic E-state index is -0.903. The Morgan fingerprint density at radius 3 is 1.73 bits per heavy atom. The van der Waals surface area contributed by atoms with Crippen molar-refractivity contribution in [2.45, 2.75) is 83.2 Å². The van der Waals surface area contributed by atoms with Crippen molar-refractivity contribution in [3.8, 4) is 0 Å². The molecule has 6 amide bonds. The van der Waals surface area contributed by atoms with Crippen LogP contribution in [0.4, 0.5) is 0 Å². The summed E-state index contributed by atoms with van der Waals surface area (Å²) in [7, 11) is 0. The molecule has 7 rings (SSSR count). The van der Waals surface area contributed by atoms with Gasteiger partial charge < -0.3 is 9.84 Å². The number of fused-ring (bicyclic) bond motifs is 2. The van der Waals surface area contributed by atoms with Crippen molar-refractivity contribution >= 4 is 47.0 Å². The van der Waals surface area contributed by atoms with Crippen LogP contribution in [-0.2, 0) is 36.8 Å². The zero-order valence-corrected chi connectivity index (χ0v) is 27.3. The number of aliphatic hydroxyl groups is 1. The Hall–Kier alpha value is -4.88. The number of rotatable bonds is 6. The average Bonchev–Trinajstić information content (AvgIpc) is 3.79. The Kier molecular flexibility index (Phi) is 11.2. The van der Waals surface area contributed by atoms with Crippen LogP contribution in [0, 0.1) is 0 Å².